The fourth-order valence-electron chi connectivity index (χ4n) is 1.41. The van der Waals surface area contributed by atoms with Crippen molar-refractivity contribution in [3.8, 4) is 0 Å². The second-order valence-electron chi connectivity index (χ2n) is 3.93. The van der Waals surface area contributed by atoms with Gasteiger partial charge in [-0.1, -0.05) is 29.8 Å². The summed E-state index contributed by atoms with van der Waals surface area (Å²) in [7, 11) is 1.13. The highest BCUT2D eigenvalue weighted by atomic mass is 32.2. The van der Waals surface area contributed by atoms with E-state index in [1.807, 2.05) is 26.1 Å². The molecular formula is C12H19NOS. The van der Waals surface area contributed by atoms with Crippen molar-refractivity contribution in [3.05, 3.63) is 35.4 Å². The molecule has 2 unspecified atom stereocenters. The third-order valence-electron chi connectivity index (χ3n) is 2.34. The molecule has 0 amide bonds. The van der Waals surface area contributed by atoms with E-state index in [1.54, 1.807) is 0 Å². The molecule has 3 heteroatoms. The minimum Gasteiger partial charge on any atom is -0.316 e. The molecule has 0 aliphatic rings. The lowest BCUT2D eigenvalue weighted by molar-refractivity contribution is 0.645. The Hall–Kier alpha value is -0.670. The monoisotopic (exact) mass is 225 g/mol. The Labute approximate surface area is 94.5 Å². The van der Waals surface area contributed by atoms with Crippen LogP contribution in [0.5, 0.6) is 0 Å². The maximum atomic E-state index is 11.8. The topological polar surface area (TPSA) is 29.1 Å². The summed E-state index contributed by atoms with van der Waals surface area (Å²) in [5, 5.41) is 3.10. The lowest BCUT2D eigenvalue weighted by atomic mass is 10.2. The van der Waals surface area contributed by atoms with Crippen LogP contribution in [0.15, 0.2) is 24.3 Å². The molecule has 1 aromatic carbocycles. The molecule has 1 aromatic rings. The quantitative estimate of drug-likeness (QED) is 0.828. The van der Waals surface area contributed by atoms with Gasteiger partial charge >= 0.3 is 0 Å². The third kappa shape index (κ3) is 4.58. The van der Waals surface area contributed by atoms with Crippen LogP contribution in [0.25, 0.3) is 0 Å². The van der Waals surface area contributed by atoms with Crippen molar-refractivity contribution in [2.45, 2.75) is 25.6 Å². The zero-order valence-corrected chi connectivity index (χ0v) is 10.4. The fourth-order valence-corrected chi connectivity index (χ4v) is 2.80. The first kappa shape index (κ1) is 12.4. The highest BCUT2D eigenvalue weighted by Gasteiger charge is 2.06. The fraction of sp³-hybridized carbons (Fsp3) is 0.500. The predicted octanol–water partition coefficient (Wildman–Crippen LogP) is 1.85. The lowest BCUT2D eigenvalue weighted by Gasteiger charge is -2.09. The van der Waals surface area contributed by atoms with Crippen LogP contribution in [0.2, 0.25) is 0 Å². The summed E-state index contributed by atoms with van der Waals surface area (Å²) in [6.07, 6.45) is 0. The summed E-state index contributed by atoms with van der Waals surface area (Å²) in [6.45, 7) is 4.11. The van der Waals surface area contributed by atoms with E-state index in [-0.39, 0.29) is 0 Å². The van der Waals surface area contributed by atoms with Crippen molar-refractivity contribution in [1.82, 2.24) is 5.32 Å². The molecule has 15 heavy (non-hydrogen) atoms. The molecule has 0 radical (unpaired) electrons. The van der Waals surface area contributed by atoms with Gasteiger partial charge in [0.1, 0.15) is 0 Å². The van der Waals surface area contributed by atoms with E-state index in [2.05, 4.69) is 24.4 Å². The SMILES string of the molecule is CNC(C)CS(=O)Cc1cccc(C)c1. The van der Waals surface area contributed by atoms with Gasteiger partial charge in [-0.25, -0.2) is 0 Å². The predicted molar refractivity (Wildman–Crippen MR) is 66.4 cm³/mol. The van der Waals surface area contributed by atoms with Gasteiger partial charge in [-0.15, -0.1) is 0 Å². The average Bonchev–Trinajstić information content (AvgIpc) is 2.17. The Morgan fingerprint density at radius 1 is 1.47 bits per heavy atom. The van der Waals surface area contributed by atoms with Gasteiger partial charge in [0.2, 0.25) is 0 Å². The molecule has 2 nitrogen and oxygen atoms in total. The highest BCUT2D eigenvalue weighted by Crippen LogP contribution is 2.07. The van der Waals surface area contributed by atoms with E-state index in [1.165, 1.54) is 5.56 Å². The van der Waals surface area contributed by atoms with Crippen LogP contribution < -0.4 is 5.32 Å². The molecule has 2 atom stereocenters. The zero-order valence-electron chi connectivity index (χ0n) is 9.62. The molecule has 0 saturated heterocycles. The maximum Gasteiger partial charge on any atom is 0.0486 e. The number of benzene rings is 1. The van der Waals surface area contributed by atoms with Crippen molar-refractivity contribution in [3.63, 3.8) is 0 Å². The average molecular weight is 225 g/mol. The Morgan fingerprint density at radius 2 is 2.20 bits per heavy atom. The van der Waals surface area contributed by atoms with Crippen molar-refractivity contribution < 1.29 is 4.21 Å². The maximum absolute atomic E-state index is 11.8. The van der Waals surface area contributed by atoms with E-state index in [0.717, 1.165) is 5.56 Å². The van der Waals surface area contributed by atoms with Crippen LogP contribution in [0, 0.1) is 6.92 Å². The largest absolute Gasteiger partial charge is 0.316 e. The van der Waals surface area contributed by atoms with Crippen molar-refractivity contribution >= 4 is 10.8 Å². The molecule has 0 spiro atoms. The molecule has 0 fully saturated rings. The van der Waals surface area contributed by atoms with Crippen LogP contribution in [-0.2, 0) is 16.6 Å². The second-order valence-corrected chi connectivity index (χ2v) is 5.43. The molecule has 0 aliphatic carbocycles. The van der Waals surface area contributed by atoms with Crippen LogP contribution in [0.4, 0.5) is 0 Å². The first-order valence-corrected chi connectivity index (χ1v) is 6.68. The minimum atomic E-state index is -0.772. The zero-order chi connectivity index (χ0) is 11.3. The van der Waals surface area contributed by atoms with Gasteiger partial charge in [0.15, 0.2) is 0 Å². The standard InChI is InChI=1S/C12H19NOS/c1-10-5-4-6-12(7-10)9-15(14)8-11(2)13-3/h4-7,11,13H,8-9H2,1-3H3. The van der Waals surface area contributed by atoms with E-state index in [0.29, 0.717) is 17.5 Å². The van der Waals surface area contributed by atoms with Gasteiger partial charge in [0.05, 0.1) is 0 Å². The summed E-state index contributed by atoms with van der Waals surface area (Å²) in [6, 6.07) is 8.53. The van der Waals surface area contributed by atoms with Crippen LogP contribution in [-0.4, -0.2) is 23.1 Å². The molecule has 0 aliphatic heterocycles. The number of rotatable bonds is 5. The summed E-state index contributed by atoms with van der Waals surface area (Å²) in [5.41, 5.74) is 2.39. The van der Waals surface area contributed by atoms with Gasteiger partial charge in [-0.3, -0.25) is 4.21 Å². The summed E-state index contributed by atoms with van der Waals surface area (Å²) in [5.74, 6) is 1.37. The number of hydrogen-bond acceptors (Lipinski definition) is 2. The van der Waals surface area contributed by atoms with Crippen molar-refractivity contribution in [1.29, 1.82) is 0 Å². The van der Waals surface area contributed by atoms with Crippen LogP contribution in [0.1, 0.15) is 18.1 Å². The number of aryl methyl sites for hydroxylation is 1. The van der Waals surface area contributed by atoms with Gasteiger partial charge in [0, 0.05) is 28.3 Å². The van der Waals surface area contributed by atoms with Gasteiger partial charge in [-0.2, -0.15) is 0 Å². The van der Waals surface area contributed by atoms with Gasteiger partial charge < -0.3 is 5.32 Å². The molecule has 0 heterocycles. The summed E-state index contributed by atoms with van der Waals surface area (Å²) in [4.78, 5) is 0. The van der Waals surface area contributed by atoms with Crippen LogP contribution in [0.3, 0.4) is 0 Å². The highest BCUT2D eigenvalue weighted by molar-refractivity contribution is 7.84. The van der Waals surface area contributed by atoms with E-state index in [9.17, 15) is 4.21 Å². The summed E-state index contributed by atoms with van der Waals surface area (Å²) >= 11 is 0. The third-order valence-corrected chi connectivity index (χ3v) is 3.87. The lowest BCUT2D eigenvalue weighted by Crippen LogP contribution is -2.27. The Morgan fingerprint density at radius 3 is 2.80 bits per heavy atom. The van der Waals surface area contributed by atoms with Gasteiger partial charge in [0.25, 0.3) is 0 Å². The Kier molecular flexibility index (Phi) is 4.99. The minimum absolute atomic E-state index is 0.315. The first-order chi connectivity index (χ1) is 7.11. The molecule has 0 bridgehead atoms. The van der Waals surface area contributed by atoms with E-state index < -0.39 is 10.8 Å². The first-order valence-electron chi connectivity index (χ1n) is 5.19. The molecule has 0 saturated carbocycles. The normalized spacial score (nSPS) is 14.9. The molecule has 1 rings (SSSR count). The van der Waals surface area contributed by atoms with E-state index in [4.69, 9.17) is 0 Å². The molecule has 0 aromatic heterocycles. The Balaban J connectivity index is 2.51. The molecular weight excluding hydrogens is 206 g/mol. The Bertz CT molecular complexity index is 338. The number of nitrogens with one attached hydrogen (secondary N) is 1. The number of hydrogen-bond donors (Lipinski definition) is 1. The van der Waals surface area contributed by atoms with Crippen molar-refractivity contribution in [2.24, 2.45) is 0 Å². The molecule has 1 N–H and O–H groups in total. The second kappa shape index (κ2) is 6.03. The smallest absolute Gasteiger partial charge is 0.0486 e. The van der Waals surface area contributed by atoms with E-state index >= 15 is 0 Å². The van der Waals surface area contributed by atoms with Gasteiger partial charge in [-0.05, 0) is 26.5 Å². The van der Waals surface area contributed by atoms with Crippen molar-refractivity contribution in [2.75, 3.05) is 12.8 Å². The molecule has 84 valence electrons. The summed E-state index contributed by atoms with van der Waals surface area (Å²) < 4.78 is 11.8. The van der Waals surface area contributed by atoms with Crippen LogP contribution >= 0.6 is 0 Å².